The van der Waals surface area contributed by atoms with Crippen LogP contribution < -0.4 is 0 Å². The van der Waals surface area contributed by atoms with E-state index in [0.717, 1.165) is 18.1 Å². The molecule has 0 bridgehead atoms. The lowest BCUT2D eigenvalue weighted by molar-refractivity contribution is 0.391. The van der Waals surface area contributed by atoms with E-state index in [0.29, 0.717) is 0 Å². The van der Waals surface area contributed by atoms with Crippen molar-refractivity contribution in [3.05, 3.63) is 84.4 Å². The van der Waals surface area contributed by atoms with Gasteiger partial charge >= 0.3 is 0 Å². The highest BCUT2D eigenvalue weighted by atomic mass is 28.4. The molecule has 2 aromatic rings. The molecule has 104 valence electrons. The Labute approximate surface area is 123 Å². The minimum Gasteiger partial charge on any atom is -0.419 e. The molecule has 0 saturated carbocycles. The Morgan fingerprint density at radius 3 is 1.70 bits per heavy atom. The zero-order valence-corrected chi connectivity index (χ0v) is 13.1. The standard InChI is InChI=1S/C18H22OSi/c1-3-14-20(19-2,15-17-10-6-4-7-11-17)16-18-12-8-5-9-13-18/h3-13H,1,14-16H2,2H3. The molecule has 2 aromatic carbocycles. The fourth-order valence-corrected chi connectivity index (χ4v) is 5.99. The van der Waals surface area contributed by atoms with Crippen molar-refractivity contribution >= 4 is 8.32 Å². The van der Waals surface area contributed by atoms with Crippen LogP contribution in [0.15, 0.2) is 73.3 Å². The van der Waals surface area contributed by atoms with Crippen LogP contribution in [-0.2, 0) is 16.5 Å². The molecular formula is C18H22OSi. The number of benzene rings is 2. The van der Waals surface area contributed by atoms with Crippen LogP contribution in [0.5, 0.6) is 0 Å². The summed E-state index contributed by atoms with van der Waals surface area (Å²) in [5, 5.41) is 0. The van der Waals surface area contributed by atoms with Gasteiger partial charge in [-0.2, -0.15) is 0 Å². The van der Waals surface area contributed by atoms with Gasteiger partial charge in [-0.1, -0.05) is 66.7 Å². The predicted octanol–water partition coefficient (Wildman–Crippen LogP) is 4.33. The number of rotatable bonds is 7. The summed E-state index contributed by atoms with van der Waals surface area (Å²) in [5.74, 6) is 0. The van der Waals surface area contributed by atoms with Crippen molar-refractivity contribution < 1.29 is 4.43 Å². The molecule has 0 aliphatic carbocycles. The normalized spacial score (nSPS) is 11.2. The van der Waals surface area contributed by atoms with E-state index in [1.807, 2.05) is 13.2 Å². The van der Waals surface area contributed by atoms with Gasteiger partial charge in [-0.3, -0.25) is 0 Å². The van der Waals surface area contributed by atoms with E-state index in [4.69, 9.17) is 4.43 Å². The molecule has 0 fully saturated rings. The van der Waals surface area contributed by atoms with Crippen molar-refractivity contribution in [3.63, 3.8) is 0 Å². The number of hydrogen-bond donors (Lipinski definition) is 0. The molecular weight excluding hydrogens is 260 g/mol. The van der Waals surface area contributed by atoms with Crippen molar-refractivity contribution in [3.8, 4) is 0 Å². The molecule has 0 atom stereocenters. The summed E-state index contributed by atoms with van der Waals surface area (Å²) in [4.78, 5) is 0. The van der Waals surface area contributed by atoms with E-state index in [1.165, 1.54) is 11.1 Å². The average molecular weight is 282 g/mol. The lowest BCUT2D eigenvalue weighted by Gasteiger charge is -2.29. The molecule has 1 nitrogen and oxygen atoms in total. The van der Waals surface area contributed by atoms with E-state index < -0.39 is 8.32 Å². The fraction of sp³-hybridized carbons (Fsp3) is 0.222. The first-order chi connectivity index (χ1) is 9.78. The van der Waals surface area contributed by atoms with E-state index in [2.05, 4.69) is 67.2 Å². The van der Waals surface area contributed by atoms with Gasteiger partial charge in [-0.05, 0) is 29.3 Å². The van der Waals surface area contributed by atoms with Crippen LogP contribution in [0.3, 0.4) is 0 Å². The maximum absolute atomic E-state index is 6.05. The van der Waals surface area contributed by atoms with Gasteiger partial charge in [0.05, 0.1) is 0 Å². The van der Waals surface area contributed by atoms with Gasteiger partial charge in [0.25, 0.3) is 0 Å². The first kappa shape index (κ1) is 14.8. The molecule has 0 heterocycles. The van der Waals surface area contributed by atoms with Gasteiger partial charge in [0, 0.05) is 7.11 Å². The molecule has 0 radical (unpaired) electrons. The van der Waals surface area contributed by atoms with Crippen LogP contribution in [0.4, 0.5) is 0 Å². The first-order valence-corrected chi connectivity index (χ1v) is 9.55. The molecule has 0 amide bonds. The summed E-state index contributed by atoms with van der Waals surface area (Å²) in [6, 6.07) is 24.3. The fourth-order valence-electron chi connectivity index (χ4n) is 2.63. The van der Waals surface area contributed by atoms with Gasteiger partial charge < -0.3 is 4.43 Å². The number of hydrogen-bond acceptors (Lipinski definition) is 1. The Morgan fingerprint density at radius 2 is 1.35 bits per heavy atom. The Kier molecular flexibility index (Phi) is 5.33. The third-order valence-corrected chi connectivity index (χ3v) is 7.69. The van der Waals surface area contributed by atoms with Crippen LogP contribution in [0.25, 0.3) is 0 Å². The molecule has 0 N–H and O–H groups in total. The molecule has 0 aliphatic heterocycles. The predicted molar refractivity (Wildman–Crippen MR) is 88.1 cm³/mol. The Morgan fingerprint density at radius 1 is 0.900 bits per heavy atom. The first-order valence-electron chi connectivity index (χ1n) is 7.02. The van der Waals surface area contributed by atoms with E-state index in [9.17, 15) is 0 Å². The van der Waals surface area contributed by atoms with Gasteiger partial charge in [0.2, 0.25) is 8.32 Å². The van der Waals surface area contributed by atoms with E-state index in [1.54, 1.807) is 0 Å². The smallest absolute Gasteiger partial charge is 0.204 e. The SMILES string of the molecule is C=CC[Si](Cc1ccccc1)(Cc1ccccc1)OC. The highest BCUT2D eigenvalue weighted by molar-refractivity contribution is 6.73. The second-order valence-electron chi connectivity index (χ2n) is 5.20. The summed E-state index contributed by atoms with van der Waals surface area (Å²) in [5.41, 5.74) is 2.72. The zero-order valence-electron chi connectivity index (χ0n) is 12.1. The summed E-state index contributed by atoms with van der Waals surface area (Å²) in [7, 11) is -0.00649. The van der Waals surface area contributed by atoms with Gasteiger partial charge in [0.1, 0.15) is 0 Å². The average Bonchev–Trinajstić information content (AvgIpc) is 2.49. The Balaban J connectivity index is 2.22. The molecule has 2 rings (SSSR count). The number of allylic oxidation sites excluding steroid dienone is 1. The Hall–Kier alpha value is -1.64. The van der Waals surface area contributed by atoms with E-state index >= 15 is 0 Å². The van der Waals surface area contributed by atoms with Crippen LogP contribution >= 0.6 is 0 Å². The summed E-state index contributed by atoms with van der Waals surface area (Å²) in [6.45, 7) is 3.93. The minimum absolute atomic E-state index is 0.979. The maximum atomic E-state index is 6.05. The second-order valence-corrected chi connectivity index (χ2v) is 9.09. The molecule has 0 saturated heterocycles. The van der Waals surface area contributed by atoms with Gasteiger partial charge in [-0.15, -0.1) is 6.58 Å². The third kappa shape index (κ3) is 3.92. The van der Waals surface area contributed by atoms with Crippen LogP contribution in [0, 0.1) is 0 Å². The Bertz CT molecular complexity index is 480. The minimum atomic E-state index is -1.87. The maximum Gasteiger partial charge on any atom is 0.204 e. The summed E-state index contributed by atoms with van der Waals surface area (Å²) in [6.07, 6.45) is 2.02. The van der Waals surface area contributed by atoms with Crippen molar-refractivity contribution in [1.29, 1.82) is 0 Å². The van der Waals surface area contributed by atoms with Gasteiger partial charge in [-0.25, -0.2) is 0 Å². The molecule has 0 aliphatic rings. The van der Waals surface area contributed by atoms with Crippen molar-refractivity contribution in [2.45, 2.75) is 18.1 Å². The van der Waals surface area contributed by atoms with Gasteiger partial charge in [0.15, 0.2) is 0 Å². The largest absolute Gasteiger partial charge is 0.419 e. The van der Waals surface area contributed by atoms with Crippen molar-refractivity contribution in [2.75, 3.05) is 7.11 Å². The quantitative estimate of drug-likeness (QED) is 0.542. The van der Waals surface area contributed by atoms with E-state index in [-0.39, 0.29) is 0 Å². The van der Waals surface area contributed by atoms with Crippen molar-refractivity contribution in [2.24, 2.45) is 0 Å². The van der Waals surface area contributed by atoms with Crippen LogP contribution in [-0.4, -0.2) is 15.4 Å². The molecule has 20 heavy (non-hydrogen) atoms. The highest BCUT2D eigenvalue weighted by Gasteiger charge is 2.33. The zero-order chi connectivity index (χ0) is 14.3. The third-order valence-electron chi connectivity index (χ3n) is 3.69. The summed E-state index contributed by atoms with van der Waals surface area (Å²) < 4.78 is 6.05. The molecule has 2 heteroatoms. The van der Waals surface area contributed by atoms with Crippen molar-refractivity contribution in [1.82, 2.24) is 0 Å². The second kappa shape index (κ2) is 7.22. The lowest BCUT2D eigenvalue weighted by Crippen LogP contribution is -2.42. The lowest BCUT2D eigenvalue weighted by atomic mass is 10.2. The monoisotopic (exact) mass is 282 g/mol. The topological polar surface area (TPSA) is 9.23 Å². The molecule has 0 spiro atoms. The summed E-state index contributed by atoms with van der Waals surface area (Å²) >= 11 is 0. The van der Waals surface area contributed by atoms with Crippen LogP contribution in [0.2, 0.25) is 6.04 Å². The highest BCUT2D eigenvalue weighted by Crippen LogP contribution is 2.23. The molecule has 0 unspecified atom stereocenters. The van der Waals surface area contributed by atoms with Crippen LogP contribution in [0.1, 0.15) is 11.1 Å². The molecule has 0 aromatic heterocycles.